The molecule has 0 saturated heterocycles. The average molecular weight is 375 g/mol. The molecule has 0 aliphatic carbocycles. The summed E-state index contributed by atoms with van der Waals surface area (Å²) in [5, 5.41) is 4.32. The van der Waals surface area contributed by atoms with Gasteiger partial charge in [-0.3, -0.25) is 20.3 Å². The highest BCUT2D eigenvalue weighted by Gasteiger charge is 2.31. The van der Waals surface area contributed by atoms with Crippen molar-refractivity contribution >= 4 is 23.2 Å². The fraction of sp³-hybridized carbons (Fsp3) is 0.375. The van der Waals surface area contributed by atoms with Crippen molar-refractivity contribution in [3.05, 3.63) is 46.2 Å². The van der Waals surface area contributed by atoms with E-state index in [0.717, 1.165) is 18.2 Å². The molecule has 0 bridgehead atoms. The maximum atomic E-state index is 12.8. The smallest absolute Gasteiger partial charge is 0.297 e. The molecule has 0 unspecified atom stereocenters. The predicted octanol–water partition coefficient (Wildman–Crippen LogP) is 4.38. The molecule has 0 atom stereocenters. The number of benzene rings is 1. The molecule has 0 saturated carbocycles. The standard InChI is InChI=1S/C16H18ClF3N4O/c1-9-7-13(24(23-9)15(2,3)4)14(25)22-21-12-8-10(16(18,19)20)5-6-11(12)17/h5-8,21H,1-4H3,(H,22,25). The molecule has 1 aromatic heterocycles. The lowest BCUT2D eigenvalue weighted by molar-refractivity contribution is -0.137. The number of hydrogen-bond donors (Lipinski definition) is 2. The number of amides is 1. The van der Waals surface area contributed by atoms with Crippen molar-refractivity contribution in [2.24, 2.45) is 0 Å². The van der Waals surface area contributed by atoms with Gasteiger partial charge in [0.25, 0.3) is 5.91 Å². The van der Waals surface area contributed by atoms with Gasteiger partial charge < -0.3 is 0 Å². The van der Waals surface area contributed by atoms with Crippen LogP contribution in [0, 0.1) is 6.92 Å². The summed E-state index contributed by atoms with van der Waals surface area (Å²) in [6.07, 6.45) is -4.51. The summed E-state index contributed by atoms with van der Waals surface area (Å²) in [5.74, 6) is -0.538. The number of carbonyl (C=O) groups excluding carboxylic acids is 1. The van der Waals surface area contributed by atoms with Crippen LogP contribution in [-0.2, 0) is 11.7 Å². The highest BCUT2D eigenvalue weighted by molar-refractivity contribution is 6.33. The molecule has 0 fully saturated rings. The molecule has 2 rings (SSSR count). The molecule has 25 heavy (non-hydrogen) atoms. The number of aromatic nitrogens is 2. The van der Waals surface area contributed by atoms with Crippen molar-refractivity contribution in [1.82, 2.24) is 15.2 Å². The summed E-state index contributed by atoms with van der Waals surface area (Å²) in [4.78, 5) is 12.4. The Bertz CT molecular complexity index is 794. The zero-order valence-corrected chi connectivity index (χ0v) is 14.9. The van der Waals surface area contributed by atoms with Crippen molar-refractivity contribution in [3.63, 3.8) is 0 Å². The molecule has 1 heterocycles. The van der Waals surface area contributed by atoms with Gasteiger partial charge in [-0.1, -0.05) is 11.6 Å². The van der Waals surface area contributed by atoms with Crippen molar-refractivity contribution < 1.29 is 18.0 Å². The SMILES string of the molecule is Cc1cc(C(=O)NNc2cc(C(F)(F)F)ccc2Cl)n(C(C)(C)C)n1. The number of nitrogens with zero attached hydrogens (tertiary/aromatic N) is 2. The van der Waals surface area contributed by atoms with Gasteiger partial charge in [-0.05, 0) is 52.0 Å². The summed E-state index contributed by atoms with van der Waals surface area (Å²) in [6.45, 7) is 7.39. The van der Waals surface area contributed by atoms with E-state index in [-0.39, 0.29) is 16.4 Å². The topological polar surface area (TPSA) is 59.0 Å². The van der Waals surface area contributed by atoms with Crippen LogP contribution in [0.1, 0.15) is 42.5 Å². The molecule has 0 aliphatic heterocycles. The van der Waals surface area contributed by atoms with E-state index in [1.807, 2.05) is 20.8 Å². The maximum absolute atomic E-state index is 12.8. The number of nitrogens with one attached hydrogen (secondary N) is 2. The summed E-state index contributed by atoms with van der Waals surface area (Å²) < 4.78 is 39.9. The third-order valence-corrected chi connectivity index (χ3v) is 3.63. The normalized spacial score (nSPS) is 12.2. The monoisotopic (exact) mass is 374 g/mol. The van der Waals surface area contributed by atoms with E-state index in [1.165, 1.54) is 0 Å². The minimum Gasteiger partial charge on any atom is -0.297 e. The van der Waals surface area contributed by atoms with Gasteiger partial charge in [0.1, 0.15) is 5.69 Å². The second kappa shape index (κ2) is 6.59. The van der Waals surface area contributed by atoms with Crippen LogP contribution >= 0.6 is 11.6 Å². The fourth-order valence-electron chi connectivity index (χ4n) is 2.16. The first-order valence-corrected chi connectivity index (χ1v) is 7.77. The maximum Gasteiger partial charge on any atom is 0.416 e. The highest BCUT2D eigenvalue weighted by Crippen LogP contribution is 2.33. The Kier molecular flexibility index (Phi) is 5.04. The van der Waals surface area contributed by atoms with Gasteiger partial charge in [0.2, 0.25) is 0 Å². The Hall–Kier alpha value is -2.22. The Balaban J connectivity index is 2.22. The molecule has 136 valence electrons. The van der Waals surface area contributed by atoms with E-state index in [2.05, 4.69) is 16.0 Å². The Morgan fingerprint density at radius 3 is 2.40 bits per heavy atom. The van der Waals surface area contributed by atoms with Gasteiger partial charge in [0.15, 0.2) is 0 Å². The van der Waals surface area contributed by atoms with Gasteiger partial charge in [-0.25, -0.2) is 0 Å². The van der Waals surface area contributed by atoms with Crippen LogP contribution in [0.15, 0.2) is 24.3 Å². The molecule has 9 heteroatoms. The largest absolute Gasteiger partial charge is 0.416 e. The first-order valence-electron chi connectivity index (χ1n) is 7.40. The molecule has 1 aromatic carbocycles. The summed E-state index contributed by atoms with van der Waals surface area (Å²) in [5.41, 5.74) is 4.37. The van der Waals surface area contributed by atoms with Crippen molar-refractivity contribution in [1.29, 1.82) is 0 Å². The number of hydrazine groups is 1. The Labute approximate surface area is 148 Å². The predicted molar refractivity (Wildman–Crippen MR) is 89.5 cm³/mol. The second-order valence-electron chi connectivity index (χ2n) is 6.53. The minimum atomic E-state index is -4.51. The lowest BCUT2D eigenvalue weighted by Crippen LogP contribution is -2.35. The lowest BCUT2D eigenvalue weighted by atomic mass is 10.1. The van der Waals surface area contributed by atoms with Crippen LogP contribution in [0.4, 0.5) is 18.9 Å². The number of anilines is 1. The average Bonchev–Trinajstić information content (AvgIpc) is 2.87. The van der Waals surface area contributed by atoms with Crippen LogP contribution in [0.2, 0.25) is 5.02 Å². The highest BCUT2D eigenvalue weighted by atomic mass is 35.5. The zero-order chi connectivity index (χ0) is 19.0. The van der Waals surface area contributed by atoms with E-state index in [9.17, 15) is 18.0 Å². The van der Waals surface area contributed by atoms with Gasteiger partial charge in [-0.15, -0.1) is 0 Å². The number of carbonyl (C=O) groups is 1. The van der Waals surface area contributed by atoms with Crippen LogP contribution in [0.3, 0.4) is 0 Å². The number of hydrogen-bond acceptors (Lipinski definition) is 3. The number of alkyl halides is 3. The molecule has 0 radical (unpaired) electrons. The van der Waals surface area contributed by atoms with Crippen LogP contribution < -0.4 is 10.9 Å². The quantitative estimate of drug-likeness (QED) is 0.784. The number of aryl methyl sites for hydroxylation is 1. The molecule has 0 aliphatic rings. The minimum absolute atomic E-state index is 0.0498. The summed E-state index contributed by atoms with van der Waals surface area (Å²) in [6, 6.07) is 4.40. The van der Waals surface area contributed by atoms with Crippen LogP contribution in [-0.4, -0.2) is 15.7 Å². The van der Waals surface area contributed by atoms with E-state index < -0.39 is 23.2 Å². The van der Waals surface area contributed by atoms with E-state index in [1.54, 1.807) is 17.7 Å². The third-order valence-electron chi connectivity index (χ3n) is 3.30. The molecular formula is C16H18ClF3N4O. The molecular weight excluding hydrogens is 357 g/mol. The fourth-order valence-corrected chi connectivity index (χ4v) is 2.32. The van der Waals surface area contributed by atoms with Crippen LogP contribution in [0.5, 0.6) is 0 Å². The lowest BCUT2D eigenvalue weighted by Gasteiger charge is -2.22. The first-order chi connectivity index (χ1) is 11.4. The van der Waals surface area contributed by atoms with E-state index >= 15 is 0 Å². The van der Waals surface area contributed by atoms with Gasteiger partial charge >= 0.3 is 6.18 Å². The molecule has 2 aromatic rings. The van der Waals surface area contributed by atoms with Crippen LogP contribution in [0.25, 0.3) is 0 Å². The van der Waals surface area contributed by atoms with Crippen molar-refractivity contribution in [3.8, 4) is 0 Å². The zero-order valence-electron chi connectivity index (χ0n) is 14.1. The molecule has 0 spiro atoms. The van der Waals surface area contributed by atoms with Gasteiger partial charge in [0, 0.05) is 0 Å². The summed E-state index contributed by atoms with van der Waals surface area (Å²) >= 11 is 5.89. The van der Waals surface area contributed by atoms with E-state index in [0.29, 0.717) is 5.69 Å². The number of rotatable bonds is 3. The van der Waals surface area contributed by atoms with Gasteiger partial charge in [0.05, 0.1) is 27.5 Å². The molecule has 2 N–H and O–H groups in total. The van der Waals surface area contributed by atoms with Crippen molar-refractivity contribution in [2.45, 2.75) is 39.4 Å². The number of halogens is 4. The van der Waals surface area contributed by atoms with Crippen molar-refractivity contribution in [2.75, 3.05) is 5.43 Å². The Morgan fingerprint density at radius 2 is 1.84 bits per heavy atom. The second-order valence-corrected chi connectivity index (χ2v) is 6.93. The first kappa shape index (κ1) is 19.1. The molecule has 1 amide bonds. The third kappa shape index (κ3) is 4.45. The van der Waals surface area contributed by atoms with Gasteiger partial charge in [-0.2, -0.15) is 18.3 Å². The summed E-state index contributed by atoms with van der Waals surface area (Å²) in [7, 11) is 0. The molecule has 5 nitrogen and oxygen atoms in total. The Morgan fingerprint density at radius 1 is 1.20 bits per heavy atom. The van der Waals surface area contributed by atoms with E-state index in [4.69, 9.17) is 11.6 Å².